The van der Waals surface area contributed by atoms with Gasteiger partial charge >= 0.3 is 5.69 Å². The van der Waals surface area contributed by atoms with Crippen LogP contribution in [0, 0.1) is 15.5 Å². The number of hydrogen-bond donors (Lipinski definition) is 1. The normalized spacial score (nSPS) is 16.6. The average Bonchev–Trinajstić information content (AvgIpc) is 2.42. The Bertz CT molecular complexity index is 665. The molecule has 1 aliphatic carbocycles. The van der Waals surface area contributed by atoms with Gasteiger partial charge in [0.1, 0.15) is 5.69 Å². The number of anilines is 1. The first-order valence-corrected chi connectivity index (χ1v) is 6.85. The van der Waals surface area contributed by atoms with Crippen molar-refractivity contribution in [3.63, 3.8) is 0 Å². The fourth-order valence-electron chi connectivity index (χ4n) is 2.74. The molecule has 1 heterocycles. The van der Waals surface area contributed by atoms with Crippen molar-refractivity contribution in [2.45, 2.75) is 26.2 Å². The molecule has 1 aromatic heterocycles. The number of aromatic nitrogens is 1. The molecule has 20 heavy (non-hydrogen) atoms. The lowest BCUT2D eigenvalue weighted by molar-refractivity contribution is -0.382. The molecule has 1 aliphatic rings. The van der Waals surface area contributed by atoms with Gasteiger partial charge in [-0.2, -0.15) is 0 Å². The summed E-state index contributed by atoms with van der Waals surface area (Å²) in [5, 5.41) is 15.2. The maximum absolute atomic E-state index is 11.4. The number of pyridine rings is 1. The van der Waals surface area contributed by atoms with Gasteiger partial charge in [-0.3, -0.25) is 15.1 Å². The molecule has 0 bridgehead atoms. The van der Waals surface area contributed by atoms with E-state index in [2.05, 4.69) is 17.2 Å². The summed E-state index contributed by atoms with van der Waals surface area (Å²) in [6.07, 6.45) is 5.27. The van der Waals surface area contributed by atoms with E-state index in [1.807, 2.05) is 6.07 Å². The number of fused-ring (bicyclic) bond motifs is 1. The highest BCUT2D eigenvalue weighted by molar-refractivity contribution is 5.94. The van der Waals surface area contributed by atoms with E-state index < -0.39 is 0 Å². The minimum Gasteiger partial charge on any atom is -0.379 e. The van der Waals surface area contributed by atoms with Gasteiger partial charge in [0.05, 0.1) is 15.8 Å². The summed E-state index contributed by atoms with van der Waals surface area (Å²) in [7, 11) is 0. The lowest BCUT2D eigenvalue weighted by Crippen LogP contribution is -2.33. The smallest absolute Gasteiger partial charge is 0.301 e. The van der Waals surface area contributed by atoms with Crippen molar-refractivity contribution in [3.05, 3.63) is 40.6 Å². The monoisotopic (exact) mass is 271 g/mol. The summed E-state index contributed by atoms with van der Waals surface area (Å²) in [5.41, 5.74) is 1.64. The van der Waals surface area contributed by atoms with Crippen LogP contribution in [0.25, 0.3) is 10.9 Å². The molecule has 3 rings (SSSR count). The molecular weight excluding hydrogens is 254 g/mol. The van der Waals surface area contributed by atoms with Crippen LogP contribution in [-0.2, 0) is 0 Å². The summed E-state index contributed by atoms with van der Waals surface area (Å²) in [5.74, 6) is 0. The molecular formula is C15H17N3O2. The van der Waals surface area contributed by atoms with Crippen molar-refractivity contribution in [1.29, 1.82) is 0 Å². The van der Waals surface area contributed by atoms with Gasteiger partial charge in [-0.05, 0) is 42.5 Å². The number of nitro groups is 1. The molecule has 0 spiro atoms. The van der Waals surface area contributed by atoms with Gasteiger partial charge in [-0.1, -0.05) is 13.3 Å². The Balaban J connectivity index is 1.97. The van der Waals surface area contributed by atoms with Crippen LogP contribution in [0.5, 0.6) is 0 Å². The maximum Gasteiger partial charge on any atom is 0.301 e. The van der Waals surface area contributed by atoms with Crippen LogP contribution in [0.3, 0.4) is 0 Å². The second kappa shape index (κ2) is 4.74. The number of nitrogens with one attached hydrogen (secondary N) is 1. The minimum atomic E-state index is -0.324. The molecule has 1 fully saturated rings. The van der Waals surface area contributed by atoms with Gasteiger partial charge in [0.15, 0.2) is 0 Å². The molecule has 0 amide bonds. The molecule has 5 heteroatoms. The molecule has 0 atom stereocenters. The Morgan fingerprint density at radius 2 is 2.20 bits per heavy atom. The van der Waals surface area contributed by atoms with Crippen molar-refractivity contribution in [2.75, 3.05) is 11.9 Å². The highest BCUT2D eigenvalue weighted by Crippen LogP contribution is 2.41. The predicted molar refractivity (Wildman–Crippen MR) is 78.8 cm³/mol. The molecule has 0 saturated heterocycles. The molecule has 1 aromatic carbocycles. The second-order valence-electron chi connectivity index (χ2n) is 5.81. The largest absolute Gasteiger partial charge is 0.379 e. The summed E-state index contributed by atoms with van der Waals surface area (Å²) in [6, 6.07) is 7.06. The molecule has 0 radical (unpaired) electrons. The highest BCUT2D eigenvalue weighted by Gasteiger charge is 2.32. The quantitative estimate of drug-likeness (QED) is 0.679. The molecule has 0 unspecified atom stereocenters. The standard InChI is InChI=1S/C15H17N3O2/c1-15(7-3-8-15)10-17-13-6-5-12-11(4-2-9-16-12)14(13)18(19)20/h2,4-6,9,17H,3,7-8,10H2,1H3. The highest BCUT2D eigenvalue weighted by atomic mass is 16.6. The van der Waals surface area contributed by atoms with Gasteiger partial charge in [0, 0.05) is 12.7 Å². The molecule has 1 N–H and O–H groups in total. The van der Waals surface area contributed by atoms with Crippen LogP contribution in [0.1, 0.15) is 26.2 Å². The molecule has 2 aromatic rings. The van der Waals surface area contributed by atoms with Crippen LogP contribution in [-0.4, -0.2) is 16.5 Å². The SMILES string of the molecule is CC1(CNc2ccc3ncccc3c2[N+](=O)[O-])CCC1. The third-order valence-corrected chi connectivity index (χ3v) is 4.21. The van der Waals surface area contributed by atoms with Crippen LogP contribution in [0.15, 0.2) is 30.5 Å². The van der Waals surface area contributed by atoms with E-state index in [1.165, 1.54) is 19.3 Å². The second-order valence-corrected chi connectivity index (χ2v) is 5.81. The van der Waals surface area contributed by atoms with E-state index in [0.29, 0.717) is 16.6 Å². The Morgan fingerprint density at radius 1 is 1.40 bits per heavy atom. The predicted octanol–water partition coefficient (Wildman–Crippen LogP) is 3.75. The van der Waals surface area contributed by atoms with Gasteiger partial charge in [0.25, 0.3) is 0 Å². The van der Waals surface area contributed by atoms with Crippen LogP contribution in [0.4, 0.5) is 11.4 Å². The minimum absolute atomic E-state index is 0.124. The Hall–Kier alpha value is -2.17. The van der Waals surface area contributed by atoms with Crippen molar-refractivity contribution in [1.82, 2.24) is 4.98 Å². The number of hydrogen-bond acceptors (Lipinski definition) is 4. The van der Waals surface area contributed by atoms with Gasteiger partial charge in [-0.25, -0.2) is 0 Å². The van der Waals surface area contributed by atoms with Gasteiger partial charge < -0.3 is 5.32 Å². The lowest BCUT2D eigenvalue weighted by atomic mass is 9.70. The van der Waals surface area contributed by atoms with Crippen molar-refractivity contribution >= 4 is 22.3 Å². The summed E-state index contributed by atoms with van der Waals surface area (Å²) < 4.78 is 0. The van der Waals surface area contributed by atoms with E-state index in [0.717, 1.165) is 6.54 Å². The zero-order valence-corrected chi connectivity index (χ0v) is 11.4. The van der Waals surface area contributed by atoms with Crippen LogP contribution < -0.4 is 5.32 Å². The number of nitro benzene ring substituents is 1. The third-order valence-electron chi connectivity index (χ3n) is 4.21. The fourth-order valence-corrected chi connectivity index (χ4v) is 2.74. The van der Waals surface area contributed by atoms with Crippen molar-refractivity contribution in [3.8, 4) is 0 Å². The Morgan fingerprint density at radius 3 is 2.85 bits per heavy atom. The Kier molecular flexibility index (Phi) is 3.04. The molecule has 0 aliphatic heterocycles. The zero-order chi connectivity index (χ0) is 14.2. The van der Waals surface area contributed by atoms with Gasteiger partial charge in [-0.15, -0.1) is 0 Å². The Labute approximate surface area is 117 Å². The van der Waals surface area contributed by atoms with Crippen molar-refractivity contribution < 1.29 is 4.92 Å². The first-order valence-electron chi connectivity index (χ1n) is 6.85. The van der Waals surface area contributed by atoms with E-state index in [-0.39, 0.29) is 16.0 Å². The topological polar surface area (TPSA) is 68.1 Å². The summed E-state index contributed by atoms with van der Waals surface area (Å²) >= 11 is 0. The maximum atomic E-state index is 11.4. The van der Waals surface area contributed by atoms with Crippen LogP contribution in [0.2, 0.25) is 0 Å². The summed E-state index contributed by atoms with van der Waals surface area (Å²) in [6.45, 7) is 3.00. The number of nitrogens with zero attached hydrogens (tertiary/aromatic N) is 2. The molecule has 1 saturated carbocycles. The van der Waals surface area contributed by atoms with E-state index in [1.54, 1.807) is 24.4 Å². The first-order chi connectivity index (χ1) is 9.59. The fraction of sp³-hybridized carbons (Fsp3) is 0.400. The third kappa shape index (κ3) is 2.19. The van der Waals surface area contributed by atoms with E-state index >= 15 is 0 Å². The average molecular weight is 271 g/mol. The van der Waals surface area contributed by atoms with E-state index in [9.17, 15) is 10.1 Å². The van der Waals surface area contributed by atoms with Crippen LogP contribution >= 0.6 is 0 Å². The lowest BCUT2D eigenvalue weighted by Gasteiger charge is -2.38. The molecule has 104 valence electrons. The first kappa shape index (κ1) is 12.8. The van der Waals surface area contributed by atoms with E-state index in [4.69, 9.17) is 0 Å². The molecule has 5 nitrogen and oxygen atoms in total. The van der Waals surface area contributed by atoms with Gasteiger partial charge in [0.2, 0.25) is 0 Å². The number of benzene rings is 1. The van der Waals surface area contributed by atoms with Crippen molar-refractivity contribution in [2.24, 2.45) is 5.41 Å². The summed E-state index contributed by atoms with van der Waals surface area (Å²) in [4.78, 5) is 15.2. The number of rotatable bonds is 4. The zero-order valence-electron chi connectivity index (χ0n) is 11.4.